The summed E-state index contributed by atoms with van der Waals surface area (Å²) in [5, 5.41) is 10.0. The summed E-state index contributed by atoms with van der Waals surface area (Å²) in [5.74, 6) is -0.201. The van der Waals surface area contributed by atoms with E-state index in [0.29, 0.717) is 41.8 Å². The van der Waals surface area contributed by atoms with Crippen LogP contribution in [0.2, 0.25) is 0 Å². The Morgan fingerprint density at radius 3 is 2.68 bits per heavy atom. The van der Waals surface area contributed by atoms with Gasteiger partial charge in [0.05, 0.1) is 22.8 Å². The number of nitrogens with zero attached hydrogens (tertiary/aromatic N) is 2. The molecule has 0 bridgehead atoms. The Morgan fingerprint density at radius 1 is 1.19 bits per heavy atom. The molecule has 0 atom stereocenters. The Morgan fingerprint density at radius 2 is 2.00 bits per heavy atom. The molecule has 1 fully saturated rings. The van der Waals surface area contributed by atoms with Crippen LogP contribution in [0.15, 0.2) is 46.1 Å². The molecule has 31 heavy (non-hydrogen) atoms. The Hall–Kier alpha value is -3.46. The third kappa shape index (κ3) is 4.36. The van der Waals surface area contributed by atoms with E-state index < -0.39 is 0 Å². The second-order valence-electron chi connectivity index (χ2n) is 7.76. The third-order valence-electron chi connectivity index (χ3n) is 5.69. The normalized spacial score (nSPS) is 17.9. The number of anilines is 1. The van der Waals surface area contributed by atoms with Gasteiger partial charge >= 0.3 is 5.69 Å². The van der Waals surface area contributed by atoms with Crippen LogP contribution in [0.3, 0.4) is 0 Å². The Labute approximate surface area is 178 Å². The van der Waals surface area contributed by atoms with Crippen molar-refractivity contribution in [2.45, 2.75) is 44.9 Å². The van der Waals surface area contributed by atoms with E-state index >= 15 is 0 Å². The van der Waals surface area contributed by atoms with Crippen molar-refractivity contribution in [2.24, 2.45) is 0 Å². The summed E-state index contributed by atoms with van der Waals surface area (Å²) in [7, 11) is 1.58. The van der Waals surface area contributed by atoms with E-state index in [9.17, 15) is 14.4 Å². The highest BCUT2D eigenvalue weighted by atomic mass is 16.2. The summed E-state index contributed by atoms with van der Waals surface area (Å²) in [6.07, 6.45) is 3.62. The number of hydrogen-bond acceptors (Lipinski definition) is 6. The van der Waals surface area contributed by atoms with Gasteiger partial charge in [0, 0.05) is 32.2 Å². The first-order valence-electron chi connectivity index (χ1n) is 10.4. The molecule has 0 aliphatic heterocycles. The van der Waals surface area contributed by atoms with Crippen LogP contribution in [0.25, 0.3) is 10.9 Å². The van der Waals surface area contributed by atoms with Crippen molar-refractivity contribution in [3.05, 3.63) is 68.6 Å². The molecule has 0 unspecified atom stereocenters. The third-order valence-corrected chi connectivity index (χ3v) is 5.69. The summed E-state index contributed by atoms with van der Waals surface area (Å²) < 4.78 is 1.20. The van der Waals surface area contributed by atoms with Crippen LogP contribution >= 0.6 is 0 Å². The quantitative estimate of drug-likeness (QED) is 0.454. The highest BCUT2D eigenvalue weighted by molar-refractivity contribution is 5.92. The number of H-pyrrole nitrogens is 1. The van der Waals surface area contributed by atoms with Crippen molar-refractivity contribution in [2.75, 3.05) is 12.4 Å². The van der Waals surface area contributed by atoms with E-state index in [0.717, 1.165) is 24.1 Å². The van der Waals surface area contributed by atoms with Gasteiger partial charge in [-0.3, -0.25) is 14.2 Å². The van der Waals surface area contributed by atoms with E-state index in [2.05, 4.69) is 25.9 Å². The van der Waals surface area contributed by atoms with Crippen molar-refractivity contribution in [1.29, 1.82) is 0 Å². The zero-order valence-electron chi connectivity index (χ0n) is 17.6. The smallest absolute Gasteiger partial charge is 0.328 e. The van der Waals surface area contributed by atoms with E-state index in [1.807, 2.05) is 18.2 Å². The van der Waals surface area contributed by atoms with Gasteiger partial charge in [-0.15, -0.1) is 0 Å². The van der Waals surface area contributed by atoms with Crippen LogP contribution in [0.5, 0.6) is 0 Å². The maximum atomic E-state index is 12.4. The maximum Gasteiger partial charge on any atom is 0.328 e. The van der Waals surface area contributed by atoms with Gasteiger partial charge in [0.25, 0.3) is 11.5 Å². The summed E-state index contributed by atoms with van der Waals surface area (Å²) >= 11 is 0. The number of benzene rings is 1. The fourth-order valence-corrected chi connectivity index (χ4v) is 3.84. The second kappa shape index (κ2) is 8.73. The van der Waals surface area contributed by atoms with E-state index in [1.54, 1.807) is 32.3 Å². The lowest BCUT2D eigenvalue weighted by atomic mass is 9.86. The van der Waals surface area contributed by atoms with Crippen LogP contribution in [0.1, 0.15) is 35.8 Å². The molecule has 1 aliphatic rings. The zero-order chi connectivity index (χ0) is 22.0. The molecule has 0 spiro atoms. The zero-order valence-corrected chi connectivity index (χ0v) is 17.6. The van der Waals surface area contributed by atoms with Gasteiger partial charge in [-0.25, -0.2) is 9.78 Å². The average molecular weight is 422 g/mol. The number of carbonyl (C=O) groups excluding carboxylic acids is 1. The number of fused-ring (bicyclic) bond motifs is 1. The minimum atomic E-state index is -0.379. The molecule has 1 aromatic carbocycles. The van der Waals surface area contributed by atoms with E-state index in [-0.39, 0.29) is 17.2 Å². The molecular formula is C22H26N6O3. The Balaban J connectivity index is 1.30. The lowest BCUT2D eigenvalue weighted by molar-refractivity contribution is 0.0958. The van der Waals surface area contributed by atoms with Crippen LogP contribution in [0.4, 0.5) is 5.69 Å². The fraction of sp³-hybridized carbons (Fsp3) is 0.364. The molecule has 4 N–H and O–H groups in total. The van der Waals surface area contributed by atoms with Gasteiger partial charge in [0.1, 0.15) is 5.69 Å². The molecule has 0 radical (unpaired) electrons. The van der Waals surface area contributed by atoms with Crippen LogP contribution < -0.4 is 27.2 Å². The molecule has 0 saturated heterocycles. The van der Waals surface area contributed by atoms with Crippen LogP contribution in [-0.4, -0.2) is 39.6 Å². The van der Waals surface area contributed by atoms with Crippen LogP contribution in [0, 0.1) is 0 Å². The van der Waals surface area contributed by atoms with Crippen molar-refractivity contribution in [3.8, 4) is 0 Å². The largest absolute Gasteiger partial charge is 0.381 e. The SMILES string of the molecule is CCn1c(=O)[nH]c2cc(CN[C@H]3C[C@@H](Nc4ccc(C(=O)NC)nc4)C3)ccc2c1=O. The summed E-state index contributed by atoms with van der Waals surface area (Å²) in [5.41, 5.74) is 2.24. The van der Waals surface area contributed by atoms with Crippen molar-refractivity contribution < 1.29 is 4.79 Å². The van der Waals surface area contributed by atoms with Gasteiger partial charge in [0.2, 0.25) is 0 Å². The number of aromatic amines is 1. The first-order chi connectivity index (χ1) is 15.0. The molecule has 4 rings (SSSR count). The first kappa shape index (κ1) is 20.8. The van der Waals surface area contributed by atoms with Gasteiger partial charge < -0.3 is 20.9 Å². The second-order valence-corrected chi connectivity index (χ2v) is 7.76. The summed E-state index contributed by atoms with van der Waals surface area (Å²) in [6, 6.07) is 9.86. The first-order valence-corrected chi connectivity index (χ1v) is 10.4. The lowest BCUT2D eigenvalue weighted by Gasteiger charge is -2.37. The molecule has 9 heteroatoms. The van der Waals surface area contributed by atoms with E-state index in [4.69, 9.17) is 0 Å². The van der Waals surface area contributed by atoms with Crippen LogP contribution in [-0.2, 0) is 13.1 Å². The number of pyridine rings is 1. The minimum Gasteiger partial charge on any atom is -0.381 e. The monoisotopic (exact) mass is 422 g/mol. The molecule has 1 aliphatic carbocycles. The molecule has 2 heterocycles. The minimum absolute atomic E-state index is 0.201. The molecule has 9 nitrogen and oxygen atoms in total. The fourth-order valence-electron chi connectivity index (χ4n) is 3.84. The van der Waals surface area contributed by atoms with Gasteiger partial charge in [-0.2, -0.15) is 0 Å². The number of carbonyl (C=O) groups is 1. The van der Waals surface area contributed by atoms with E-state index in [1.165, 1.54) is 4.57 Å². The molecule has 1 saturated carbocycles. The maximum absolute atomic E-state index is 12.4. The highest BCUT2D eigenvalue weighted by Crippen LogP contribution is 2.24. The van der Waals surface area contributed by atoms with Crippen molar-refractivity contribution in [1.82, 2.24) is 25.2 Å². The Bertz CT molecular complexity index is 1210. The average Bonchev–Trinajstić information content (AvgIpc) is 2.75. The number of rotatable bonds is 7. The molecule has 2 aromatic heterocycles. The number of aromatic nitrogens is 3. The Kier molecular flexibility index (Phi) is 5.85. The molecule has 3 aromatic rings. The van der Waals surface area contributed by atoms with Gasteiger partial charge in [0.15, 0.2) is 0 Å². The van der Waals surface area contributed by atoms with Crippen molar-refractivity contribution in [3.63, 3.8) is 0 Å². The number of amides is 1. The lowest BCUT2D eigenvalue weighted by Crippen LogP contribution is -2.47. The molecule has 162 valence electrons. The van der Waals surface area contributed by atoms with Gasteiger partial charge in [-0.1, -0.05) is 6.07 Å². The summed E-state index contributed by atoms with van der Waals surface area (Å²) in [4.78, 5) is 42.9. The standard InChI is InChI=1S/C22H26N6O3/c1-3-28-21(30)17-6-4-13(8-19(17)27-22(28)31)11-24-15-9-16(10-15)26-14-5-7-18(25-12-14)20(29)23-2/h4-8,12,15-16,24,26H,3,9-11H2,1-2H3,(H,23,29)(H,27,31)/t15-,16+. The van der Waals surface area contributed by atoms with Gasteiger partial charge in [-0.05, 0) is 49.6 Å². The summed E-state index contributed by atoms with van der Waals surface area (Å²) in [6.45, 7) is 2.78. The predicted molar refractivity (Wildman–Crippen MR) is 119 cm³/mol. The topological polar surface area (TPSA) is 121 Å². The predicted octanol–water partition coefficient (Wildman–Crippen LogP) is 1.20. The number of hydrogen-bond donors (Lipinski definition) is 4. The highest BCUT2D eigenvalue weighted by Gasteiger charge is 2.28. The van der Waals surface area contributed by atoms with Crippen molar-refractivity contribution >= 4 is 22.5 Å². The molecule has 1 amide bonds. The molecular weight excluding hydrogens is 396 g/mol. The number of nitrogens with one attached hydrogen (secondary N) is 4.